The molecule has 1 aliphatic heterocycles. The number of hydrogen-bond acceptors (Lipinski definition) is 3. The Morgan fingerprint density at radius 2 is 1.67 bits per heavy atom. The summed E-state index contributed by atoms with van der Waals surface area (Å²) in [5.41, 5.74) is 2.66. The first-order valence-corrected chi connectivity index (χ1v) is 10.7. The van der Waals surface area contributed by atoms with Crippen molar-refractivity contribution in [2.45, 2.75) is 59.7 Å². The van der Waals surface area contributed by atoms with Crippen LogP contribution in [-0.4, -0.2) is 61.1 Å². The van der Waals surface area contributed by atoms with Crippen molar-refractivity contribution < 1.29 is 0 Å². The highest BCUT2D eigenvalue weighted by atomic mass is 15.2. The molecule has 0 aromatic heterocycles. The quantitative estimate of drug-likeness (QED) is 0.489. The van der Waals surface area contributed by atoms with Crippen LogP contribution in [0.4, 0.5) is 0 Å². The van der Waals surface area contributed by atoms with Gasteiger partial charge in [0.2, 0.25) is 0 Å². The van der Waals surface area contributed by atoms with E-state index in [1.165, 1.54) is 37.1 Å². The summed E-state index contributed by atoms with van der Waals surface area (Å²) >= 11 is 0. The molecule has 2 N–H and O–H groups in total. The lowest BCUT2D eigenvalue weighted by Gasteiger charge is -2.27. The number of nitrogens with one attached hydrogen (secondary N) is 2. The van der Waals surface area contributed by atoms with Gasteiger partial charge in [-0.2, -0.15) is 0 Å². The fraction of sp³-hybridized carbons (Fsp3) is 0.682. The fourth-order valence-corrected chi connectivity index (χ4v) is 3.68. The van der Waals surface area contributed by atoms with Gasteiger partial charge in [0, 0.05) is 25.7 Å². The Morgan fingerprint density at radius 1 is 1.04 bits per heavy atom. The first-order valence-electron chi connectivity index (χ1n) is 10.7. The number of likely N-dealkylation sites (tertiary alicyclic amines) is 1. The minimum absolute atomic E-state index is 0.494. The number of benzene rings is 1. The summed E-state index contributed by atoms with van der Waals surface area (Å²) in [6.45, 7) is 17.0. The first-order chi connectivity index (χ1) is 13.2. The summed E-state index contributed by atoms with van der Waals surface area (Å²) in [4.78, 5) is 9.76. The van der Waals surface area contributed by atoms with Crippen LogP contribution in [0.5, 0.6) is 0 Å². The normalized spacial score (nSPS) is 16.7. The Labute approximate surface area is 166 Å². The third kappa shape index (κ3) is 7.51. The van der Waals surface area contributed by atoms with Gasteiger partial charge in [-0.3, -0.25) is 9.80 Å². The Morgan fingerprint density at radius 3 is 2.26 bits per heavy atom. The van der Waals surface area contributed by atoms with E-state index in [4.69, 9.17) is 4.99 Å². The third-order valence-electron chi connectivity index (χ3n) is 5.39. The van der Waals surface area contributed by atoms with Gasteiger partial charge >= 0.3 is 0 Å². The second-order valence-electron chi connectivity index (χ2n) is 7.45. The minimum Gasteiger partial charge on any atom is -0.357 e. The van der Waals surface area contributed by atoms with Gasteiger partial charge in [-0.05, 0) is 64.0 Å². The van der Waals surface area contributed by atoms with E-state index in [-0.39, 0.29) is 0 Å². The fourth-order valence-electron chi connectivity index (χ4n) is 3.68. The first kappa shape index (κ1) is 21.7. The molecule has 1 aliphatic rings. The zero-order valence-corrected chi connectivity index (χ0v) is 17.8. The van der Waals surface area contributed by atoms with Gasteiger partial charge in [0.05, 0.1) is 6.54 Å². The molecule has 5 nitrogen and oxygen atoms in total. The number of hydrogen-bond donors (Lipinski definition) is 2. The highest BCUT2D eigenvalue weighted by Crippen LogP contribution is 2.13. The van der Waals surface area contributed by atoms with Gasteiger partial charge in [0.25, 0.3) is 0 Å². The van der Waals surface area contributed by atoms with E-state index in [1.54, 1.807) is 0 Å². The molecule has 1 aromatic carbocycles. The van der Waals surface area contributed by atoms with Crippen LogP contribution in [0.25, 0.3) is 0 Å². The number of guanidine groups is 1. The summed E-state index contributed by atoms with van der Waals surface area (Å²) in [6, 6.07) is 9.44. The van der Waals surface area contributed by atoms with Crippen molar-refractivity contribution in [2.24, 2.45) is 4.99 Å². The van der Waals surface area contributed by atoms with Crippen molar-refractivity contribution in [3.05, 3.63) is 35.4 Å². The van der Waals surface area contributed by atoms with Crippen molar-refractivity contribution in [3.8, 4) is 0 Å². The molecule has 1 saturated heterocycles. The topological polar surface area (TPSA) is 42.9 Å². The van der Waals surface area contributed by atoms with Crippen LogP contribution in [0, 0.1) is 0 Å². The molecule has 1 fully saturated rings. The highest BCUT2D eigenvalue weighted by Gasteiger charge is 2.12. The predicted molar refractivity (Wildman–Crippen MR) is 116 cm³/mol. The van der Waals surface area contributed by atoms with Gasteiger partial charge in [-0.25, -0.2) is 4.99 Å². The molecule has 0 aliphatic carbocycles. The number of likely N-dealkylation sites (N-methyl/N-ethyl adjacent to an activating group) is 1. The van der Waals surface area contributed by atoms with Crippen molar-refractivity contribution in [2.75, 3.05) is 39.3 Å². The van der Waals surface area contributed by atoms with Crippen molar-refractivity contribution in [3.63, 3.8) is 0 Å². The number of rotatable bonds is 10. The van der Waals surface area contributed by atoms with Crippen molar-refractivity contribution in [1.82, 2.24) is 20.4 Å². The van der Waals surface area contributed by atoms with E-state index >= 15 is 0 Å². The Kier molecular flexibility index (Phi) is 9.64. The predicted octanol–water partition coefficient (Wildman–Crippen LogP) is 3.07. The average Bonchev–Trinajstić information content (AvgIpc) is 3.19. The van der Waals surface area contributed by atoms with Crippen LogP contribution >= 0.6 is 0 Å². The van der Waals surface area contributed by atoms with Gasteiger partial charge in [0.1, 0.15) is 0 Å². The summed E-state index contributed by atoms with van der Waals surface area (Å²) in [6.07, 6.45) is 2.69. The average molecular weight is 374 g/mol. The monoisotopic (exact) mass is 373 g/mol. The molecule has 5 heteroatoms. The molecule has 1 unspecified atom stereocenters. The molecule has 2 rings (SSSR count). The van der Waals surface area contributed by atoms with Gasteiger partial charge < -0.3 is 10.6 Å². The minimum atomic E-state index is 0.494. The molecule has 0 saturated carbocycles. The lowest BCUT2D eigenvalue weighted by atomic mass is 10.1. The van der Waals surface area contributed by atoms with Crippen LogP contribution in [0.1, 0.15) is 51.7 Å². The maximum atomic E-state index is 4.77. The third-order valence-corrected chi connectivity index (χ3v) is 5.39. The second kappa shape index (κ2) is 12.0. The molecular formula is C22H39N5. The summed E-state index contributed by atoms with van der Waals surface area (Å²) < 4.78 is 0. The highest BCUT2D eigenvalue weighted by molar-refractivity contribution is 5.79. The molecule has 0 radical (unpaired) electrons. The smallest absolute Gasteiger partial charge is 0.191 e. The van der Waals surface area contributed by atoms with E-state index in [9.17, 15) is 0 Å². The Balaban J connectivity index is 1.85. The summed E-state index contributed by atoms with van der Waals surface area (Å²) in [7, 11) is 0. The molecule has 0 bridgehead atoms. The summed E-state index contributed by atoms with van der Waals surface area (Å²) in [5, 5.41) is 6.85. The number of aliphatic imine (C=N–C) groups is 1. The van der Waals surface area contributed by atoms with Gasteiger partial charge in [0.15, 0.2) is 5.96 Å². The van der Waals surface area contributed by atoms with E-state index in [0.29, 0.717) is 12.6 Å². The lowest BCUT2D eigenvalue weighted by molar-refractivity contribution is 0.231. The molecule has 0 amide bonds. The van der Waals surface area contributed by atoms with Crippen LogP contribution in [-0.2, 0) is 13.1 Å². The van der Waals surface area contributed by atoms with E-state index in [1.807, 2.05) is 0 Å². The van der Waals surface area contributed by atoms with Crippen LogP contribution in [0.2, 0.25) is 0 Å². The van der Waals surface area contributed by atoms with E-state index in [2.05, 4.69) is 72.4 Å². The molecule has 152 valence electrons. The molecule has 1 atom stereocenters. The second-order valence-corrected chi connectivity index (χ2v) is 7.45. The lowest BCUT2D eigenvalue weighted by Crippen LogP contribution is -2.45. The van der Waals surface area contributed by atoms with Crippen LogP contribution in [0.15, 0.2) is 29.3 Å². The van der Waals surface area contributed by atoms with Crippen LogP contribution in [0.3, 0.4) is 0 Å². The van der Waals surface area contributed by atoms with Crippen LogP contribution < -0.4 is 10.6 Å². The SMILES string of the molecule is CCNC(=NCc1ccc(CN2CCCC2)cc1)NCC(C)N(CC)CC. The van der Waals surface area contributed by atoms with E-state index in [0.717, 1.165) is 38.7 Å². The standard InChI is InChI=1S/C22H39N5/c1-5-23-22(24-16-19(4)27(6-2)7-3)25-17-20-10-12-21(13-11-20)18-26-14-8-9-15-26/h10-13,19H,5-9,14-18H2,1-4H3,(H2,23,24,25). The molecule has 1 heterocycles. The molecule has 27 heavy (non-hydrogen) atoms. The number of nitrogens with zero attached hydrogens (tertiary/aromatic N) is 3. The Hall–Kier alpha value is -1.59. The van der Waals surface area contributed by atoms with Gasteiger partial charge in [-0.1, -0.05) is 38.1 Å². The van der Waals surface area contributed by atoms with E-state index < -0.39 is 0 Å². The molecular weight excluding hydrogens is 334 g/mol. The van der Waals surface area contributed by atoms with Crippen molar-refractivity contribution >= 4 is 5.96 Å². The molecule has 1 aromatic rings. The summed E-state index contributed by atoms with van der Waals surface area (Å²) in [5.74, 6) is 0.901. The van der Waals surface area contributed by atoms with Crippen molar-refractivity contribution in [1.29, 1.82) is 0 Å². The maximum absolute atomic E-state index is 4.77. The zero-order valence-electron chi connectivity index (χ0n) is 17.8. The Bertz CT molecular complexity index is 544. The largest absolute Gasteiger partial charge is 0.357 e. The van der Waals surface area contributed by atoms with Gasteiger partial charge in [-0.15, -0.1) is 0 Å². The zero-order chi connectivity index (χ0) is 19.5. The maximum Gasteiger partial charge on any atom is 0.191 e. The molecule has 0 spiro atoms.